The van der Waals surface area contributed by atoms with Crippen LogP contribution in [0.1, 0.15) is 16.2 Å². The zero-order valence-electron chi connectivity index (χ0n) is 8.39. The molecule has 0 aliphatic rings. The molecule has 0 atom stereocenters. The Morgan fingerprint density at radius 3 is 2.73 bits per heavy atom. The summed E-state index contributed by atoms with van der Waals surface area (Å²) in [6, 6.07) is 3.93. The van der Waals surface area contributed by atoms with Gasteiger partial charge in [-0.3, -0.25) is 0 Å². The van der Waals surface area contributed by atoms with Crippen LogP contribution in [-0.2, 0) is 7.05 Å². The second-order valence-corrected chi connectivity index (χ2v) is 4.12. The predicted molar refractivity (Wildman–Crippen MR) is 58.2 cm³/mol. The van der Waals surface area contributed by atoms with Crippen LogP contribution in [0.5, 0.6) is 0 Å². The summed E-state index contributed by atoms with van der Waals surface area (Å²) in [5.74, 6) is -0.983. The Balaban J connectivity index is 2.46. The summed E-state index contributed by atoms with van der Waals surface area (Å²) in [5.41, 5.74) is 2.18. The third-order valence-electron chi connectivity index (χ3n) is 2.32. The molecule has 1 N–H and O–H groups in total. The lowest BCUT2D eigenvalue weighted by atomic mass is 10.4. The Labute approximate surface area is 90.8 Å². The van der Waals surface area contributed by atoms with Crippen LogP contribution in [0.15, 0.2) is 17.5 Å². The Hall–Kier alpha value is -1.62. The van der Waals surface area contributed by atoms with Gasteiger partial charge in [0.15, 0.2) is 5.69 Å². The first kappa shape index (κ1) is 9.92. The fourth-order valence-electron chi connectivity index (χ4n) is 1.32. The maximum absolute atomic E-state index is 10.7. The number of carboxylic acids is 1. The fraction of sp³-hybridized carbons (Fsp3) is 0.200. The monoisotopic (exact) mass is 222 g/mol. The molecule has 0 radical (unpaired) electrons. The Morgan fingerprint density at radius 1 is 1.53 bits per heavy atom. The molecule has 0 bridgehead atoms. The van der Waals surface area contributed by atoms with Gasteiger partial charge in [0.25, 0.3) is 0 Å². The summed E-state index contributed by atoms with van der Waals surface area (Å²) < 4.78 is 1.99. The molecule has 0 aliphatic heterocycles. The first-order valence-electron chi connectivity index (χ1n) is 4.41. The molecule has 2 heterocycles. The lowest BCUT2D eigenvalue weighted by molar-refractivity contribution is 0.0691. The van der Waals surface area contributed by atoms with Crippen molar-refractivity contribution in [3.8, 4) is 10.7 Å². The van der Waals surface area contributed by atoms with Crippen LogP contribution in [-0.4, -0.2) is 20.6 Å². The highest BCUT2D eigenvalue weighted by Gasteiger charge is 2.12. The van der Waals surface area contributed by atoms with Gasteiger partial charge in [0, 0.05) is 18.1 Å². The molecule has 0 fully saturated rings. The molecule has 0 amide bonds. The number of carbonyl (C=O) groups is 1. The molecule has 2 rings (SSSR count). The highest BCUT2D eigenvalue weighted by molar-refractivity contribution is 7.13. The van der Waals surface area contributed by atoms with E-state index >= 15 is 0 Å². The summed E-state index contributed by atoms with van der Waals surface area (Å²) in [7, 11) is 1.94. The van der Waals surface area contributed by atoms with Crippen LogP contribution in [0.2, 0.25) is 0 Å². The molecule has 0 saturated carbocycles. The van der Waals surface area contributed by atoms with Crippen molar-refractivity contribution in [2.75, 3.05) is 0 Å². The highest BCUT2D eigenvalue weighted by Crippen LogP contribution is 2.24. The second-order valence-electron chi connectivity index (χ2n) is 3.26. The van der Waals surface area contributed by atoms with Crippen molar-refractivity contribution in [1.29, 1.82) is 0 Å². The van der Waals surface area contributed by atoms with Crippen LogP contribution in [0.25, 0.3) is 10.7 Å². The van der Waals surface area contributed by atoms with E-state index in [1.165, 1.54) is 11.3 Å². The quantitative estimate of drug-likeness (QED) is 0.847. The lowest BCUT2D eigenvalue weighted by Crippen LogP contribution is -1.97. The van der Waals surface area contributed by atoms with Gasteiger partial charge in [-0.05, 0) is 19.1 Å². The highest BCUT2D eigenvalue weighted by atomic mass is 32.1. The summed E-state index contributed by atoms with van der Waals surface area (Å²) in [6.45, 7) is 2.00. The SMILES string of the molecule is Cc1ccc(-c2nc(C(=O)O)cs2)n1C. The van der Waals surface area contributed by atoms with Crippen LogP contribution < -0.4 is 0 Å². The number of hydrogen-bond acceptors (Lipinski definition) is 3. The lowest BCUT2D eigenvalue weighted by Gasteiger charge is -2.00. The molecule has 0 unspecified atom stereocenters. The van der Waals surface area contributed by atoms with Crippen molar-refractivity contribution in [2.24, 2.45) is 7.05 Å². The van der Waals surface area contributed by atoms with Crippen LogP contribution in [0.4, 0.5) is 0 Å². The molecule has 78 valence electrons. The van der Waals surface area contributed by atoms with Gasteiger partial charge in [0.1, 0.15) is 5.01 Å². The molecule has 0 saturated heterocycles. The number of rotatable bonds is 2. The van der Waals surface area contributed by atoms with Crippen molar-refractivity contribution in [2.45, 2.75) is 6.92 Å². The fourth-order valence-corrected chi connectivity index (χ4v) is 2.17. The van der Waals surface area contributed by atoms with E-state index in [0.717, 1.165) is 16.4 Å². The van der Waals surface area contributed by atoms with Crippen LogP contribution in [0, 0.1) is 6.92 Å². The molecule has 5 heteroatoms. The van der Waals surface area contributed by atoms with Gasteiger partial charge in [-0.15, -0.1) is 11.3 Å². The summed E-state index contributed by atoms with van der Waals surface area (Å²) in [5, 5.41) is 11.1. The largest absolute Gasteiger partial charge is 0.476 e. The smallest absolute Gasteiger partial charge is 0.355 e. The zero-order valence-corrected chi connectivity index (χ0v) is 9.21. The minimum absolute atomic E-state index is 0.105. The van der Waals surface area contributed by atoms with Crippen molar-refractivity contribution in [3.05, 3.63) is 28.9 Å². The van der Waals surface area contributed by atoms with E-state index in [2.05, 4.69) is 4.98 Å². The van der Waals surface area contributed by atoms with Crippen molar-refractivity contribution in [3.63, 3.8) is 0 Å². The van der Waals surface area contributed by atoms with Gasteiger partial charge in [-0.2, -0.15) is 0 Å². The number of aromatic nitrogens is 2. The van der Waals surface area contributed by atoms with E-state index < -0.39 is 5.97 Å². The minimum Gasteiger partial charge on any atom is -0.476 e. The average molecular weight is 222 g/mol. The topological polar surface area (TPSA) is 55.1 Å². The van der Waals surface area contributed by atoms with E-state index in [9.17, 15) is 4.79 Å². The number of hydrogen-bond donors (Lipinski definition) is 1. The molecule has 2 aromatic rings. The maximum Gasteiger partial charge on any atom is 0.355 e. The van der Waals surface area contributed by atoms with E-state index in [1.54, 1.807) is 5.38 Å². The normalized spacial score (nSPS) is 10.5. The zero-order chi connectivity index (χ0) is 11.0. The Kier molecular flexibility index (Phi) is 2.32. The Morgan fingerprint density at radius 2 is 2.27 bits per heavy atom. The number of nitrogens with zero attached hydrogens (tertiary/aromatic N) is 2. The third-order valence-corrected chi connectivity index (χ3v) is 3.18. The van der Waals surface area contributed by atoms with E-state index in [0.29, 0.717) is 0 Å². The number of thiazole rings is 1. The van der Waals surface area contributed by atoms with E-state index in [4.69, 9.17) is 5.11 Å². The molecule has 0 aromatic carbocycles. The summed E-state index contributed by atoms with van der Waals surface area (Å²) in [4.78, 5) is 14.7. The van der Waals surface area contributed by atoms with Crippen molar-refractivity contribution >= 4 is 17.3 Å². The molecule has 4 nitrogen and oxygen atoms in total. The number of aromatic carboxylic acids is 1. The van der Waals surface area contributed by atoms with Crippen molar-refractivity contribution in [1.82, 2.24) is 9.55 Å². The average Bonchev–Trinajstić information content (AvgIpc) is 2.76. The summed E-state index contributed by atoms with van der Waals surface area (Å²) >= 11 is 1.35. The van der Waals surface area contributed by atoms with Gasteiger partial charge >= 0.3 is 5.97 Å². The van der Waals surface area contributed by atoms with E-state index in [1.807, 2.05) is 30.7 Å². The van der Waals surface area contributed by atoms with Crippen LogP contribution in [0.3, 0.4) is 0 Å². The number of aryl methyl sites for hydroxylation is 1. The molecule has 0 spiro atoms. The first-order chi connectivity index (χ1) is 7.09. The number of carboxylic acid groups (broad SMARTS) is 1. The van der Waals surface area contributed by atoms with Gasteiger partial charge in [0.05, 0.1) is 5.69 Å². The minimum atomic E-state index is -0.983. The first-order valence-corrected chi connectivity index (χ1v) is 5.29. The van der Waals surface area contributed by atoms with E-state index in [-0.39, 0.29) is 5.69 Å². The summed E-state index contributed by atoms with van der Waals surface area (Å²) in [6.07, 6.45) is 0. The van der Waals surface area contributed by atoms with Crippen molar-refractivity contribution < 1.29 is 9.90 Å². The maximum atomic E-state index is 10.7. The Bertz CT molecular complexity index is 513. The third kappa shape index (κ3) is 1.66. The van der Waals surface area contributed by atoms with Crippen LogP contribution >= 0.6 is 11.3 Å². The molecule has 15 heavy (non-hydrogen) atoms. The van der Waals surface area contributed by atoms with Gasteiger partial charge in [-0.25, -0.2) is 9.78 Å². The van der Waals surface area contributed by atoms with Gasteiger partial charge in [0.2, 0.25) is 0 Å². The molecular formula is C10H10N2O2S. The second kappa shape index (κ2) is 3.51. The van der Waals surface area contributed by atoms with Gasteiger partial charge < -0.3 is 9.67 Å². The molecular weight excluding hydrogens is 212 g/mol. The molecule has 2 aromatic heterocycles. The standard InChI is InChI=1S/C10H10N2O2S/c1-6-3-4-8(12(6)2)9-11-7(5-15-9)10(13)14/h3-5H,1-2H3,(H,13,14). The predicted octanol–water partition coefficient (Wildman–Crippen LogP) is 2.16. The van der Waals surface area contributed by atoms with Gasteiger partial charge in [-0.1, -0.05) is 0 Å². The molecule has 0 aliphatic carbocycles.